The minimum absolute atomic E-state index is 0.475. The molecule has 1 saturated carbocycles. The van der Waals surface area contributed by atoms with Gasteiger partial charge < -0.3 is 5.32 Å². The highest BCUT2D eigenvalue weighted by atomic mass is 14.9. The maximum absolute atomic E-state index is 3.57. The van der Waals surface area contributed by atoms with Crippen molar-refractivity contribution < 1.29 is 0 Å². The van der Waals surface area contributed by atoms with Crippen LogP contribution in [-0.4, -0.2) is 13.1 Å². The third kappa shape index (κ3) is 5.42. The molecule has 1 N–H and O–H groups in total. The summed E-state index contributed by atoms with van der Waals surface area (Å²) in [6, 6.07) is 0.741. The Balaban J connectivity index is 2.41. The zero-order valence-corrected chi connectivity index (χ0v) is 12.9. The predicted molar refractivity (Wildman–Crippen MR) is 77.3 cm³/mol. The lowest BCUT2D eigenvalue weighted by molar-refractivity contribution is 0.154. The van der Waals surface area contributed by atoms with Gasteiger partial charge in [-0.05, 0) is 62.3 Å². The zero-order valence-electron chi connectivity index (χ0n) is 12.9. The molecule has 0 aliphatic heterocycles. The molecular weight excluding hydrogens is 206 g/mol. The van der Waals surface area contributed by atoms with Crippen LogP contribution >= 0.6 is 0 Å². The van der Waals surface area contributed by atoms with Crippen LogP contribution in [0, 0.1) is 16.7 Å². The van der Waals surface area contributed by atoms with Crippen molar-refractivity contribution in [1.29, 1.82) is 0 Å². The highest BCUT2D eigenvalue weighted by Gasteiger charge is 2.31. The van der Waals surface area contributed by atoms with E-state index >= 15 is 0 Å². The molecule has 1 atom stereocenters. The molecule has 1 unspecified atom stereocenters. The predicted octanol–water partition coefficient (Wildman–Crippen LogP) is 4.62. The van der Waals surface area contributed by atoms with Gasteiger partial charge in [-0.3, -0.25) is 0 Å². The van der Waals surface area contributed by atoms with E-state index in [0.29, 0.717) is 10.8 Å². The average Bonchev–Trinajstić information content (AvgIpc) is 2.19. The highest BCUT2D eigenvalue weighted by molar-refractivity contribution is 4.85. The Hall–Kier alpha value is -0.0400. The molecule has 1 rings (SSSR count). The van der Waals surface area contributed by atoms with E-state index < -0.39 is 0 Å². The SMILES string of the molecule is CNC(CCC(C)(C)C)C1CCC(C)(C)CC1. The van der Waals surface area contributed by atoms with Crippen LogP contribution < -0.4 is 5.32 Å². The number of hydrogen-bond acceptors (Lipinski definition) is 1. The van der Waals surface area contributed by atoms with Crippen LogP contribution in [0.25, 0.3) is 0 Å². The second-order valence-corrected chi connectivity index (χ2v) is 8.00. The molecule has 0 aromatic carbocycles. The number of rotatable bonds is 4. The van der Waals surface area contributed by atoms with Crippen molar-refractivity contribution >= 4 is 0 Å². The average molecular weight is 239 g/mol. The standard InChI is InChI=1S/C16H33N/c1-15(2,3)10-9-14(17-6)13-7-11-16(4,5)12-8-13/h13-14,17H,7-12H2,1-6H3. The molecule has 0 spiro atoms. The summed E-state index contributed by atoms with van der Waals surface area (Å²) in [7, 11) is 2.15. The van der Waals surface area contributed by atoms with Gasteiger partial charge in [0.1, 0.15) is 0 Å². The van der Waals surface area contributed by atoms with E-state index in [1.54, 1.807) is 0 Å². The zero-order chi connectivity index (χ0) is 13.1. The fourth-order valence-corrected chi connectivity index (χ4v) is 3.03. The van der Waals surface area contributed by atoms with Crippen molar-refractivity contribution in [2.75, 3.05) is 7.05 Å². The fourth-order valence-electron chi connectivity index (χ4n) is 3.03. The lowest BCUT2D eigenvalue weighted by Crippen LogP contribution is -2.37. The minimum atomic E-state index is 0.475. The Labute approximate surface area is 109 Å². The highest BCUT2D eigenvalue weighted by Crippen LogP contribution is 2.40. The molecule has 1 aliphatic carbocycles. The normalized spacial score (nSPS) is 23.6. The summed E-state index contributed by atoms with van der Waals surface area (Å²) in [5.41, 5.74) is 1.07. The monoisotopic (exact) mass is 239 g/mol. The van der Waals surface area contributed by atoms with E-state index in [4.69, 9.17) is 0 Å². The molecule has 0 heterocycles. The molecule has 17 heavy (non-hydrogen) atoms. The number of nitrogens with one attached hydrogen (secondary N) is 1. The summed E-state index contributed by atoms with van der Waals surface area (Å²) in [6.07, 6.45) is 8.32. The summed E-state index contributed by atoms with van der Waals surface area (Å²) in [4.78, 5) is 0. The van der Waals surface area contributed by atoms with E-state index in [9.17, 15) is 0 Å². The van der Waals surface area contributed by atoms with Crippen molar-refractivity contribution in [3.05, 3.63) is 0 Å². The third-order valence-corrected chi connectivity index (χ3v) is 4.53. The molecule has 0 aromatic heterocycles. The van der Waals surface area contributed by atoms with Crippen LogP contribution in [0.2, 0.25) is 0 Å². The molecule has 1 heteroatoms. The van der Waals surface area contributed by atoms with Gasteiger partial charge in [-0.25, -0.2) is 0 Å². The Bertz CT molecular complexity index is 214. The second kappa shape index (κ2) is 5.73. The summed E-state index contributed by atoms with van der Waals surface area (Å²) >= 11 is 0. The smallest absolute Gasteiger partial charge is 0.00925 e. The largest absolute Gasteiger partial charge is 0.317 e. The summed E-state index contributed by atoms with van der Waals surface area (Å²) in [5, 5.41) is 3.57. The lowest BCUT2D eigenvalue weighted by Gasteiger charge is -2.38. The van der Waals surface area contributed by atoms with Crippen LogP contribution in [0.15, 0.2) is 0 Å². The van der Waals surface area contributed by atoms with Crippen molar-refractivity contribution in [2.24, 2.45) is 16.7 Å². The van der Waals surface area contributed by atoms with Gasteiger partial charge in [0.15, 0.2) is 0 Å². The molecule has 1 nitrogen and oxygen atoms in total. The van der Waals surface area contributed by atoms with Crippen molar-refractivity contribution in [3.63, 3.8) is 0 Å². The van der Waals surface area contributed by atoms with Gasteiger partial charge in [-0.15, -0.1) is 0 Å². The summed E-state index contributed by atoms with van der Waals surface area (Å²) in [5.74, 6) is 0.912. The topological polar surface area (TPSA) is 12.0 Å². The van der Waals surface area contributed by atoms with Crippen LogP contribution in [0.5, 0.6) is 0 Å². The van der Waals surface area contributed by atoms with E-state index in [-0.39, 0.29) is 0 Å². The number of hydrogen-bond donors (Lipinski definition) is 1. The lowest BCUT2D eigenvalue weighted by atomic mass is 9.70. The summed E-state index contributed by atoms with van der Waals surface area (Å²) in [6.45, 7) is 11.9. The third-order valence-electron chi connectivity index (χ3n) is 4.53. The molecule has 102 valence electrons. The van der Waals surface area contributed by atoms with E-state index in [1.807, 2.05) is 0 Å². The van der Waals surface area contributed by atoms with Gasteiger partial charge >= 0.3 is 0 Å². The Morgan fingerprint density at radius 2 is 1.71 bits per heavy atom. The molecule has 0 saturated heterocycles. The molecule has 0 radical (unpaired) electrons. The fraction of sp³-hybridized carbons (Fsp3) is 1.00. The minimum Gasteiger partial charge on any atom is -0.317 e. The van der Waals surface area contributed by atoms with Gasteiger partial charge in [-0.1, -0.05) is 34.6 Å². The Morgan fingerprint density at radius 3 is 2.12 bits per heavy atom. The van der Waals surface area contributed by atoms with Gasteiger partial charge in [0.25, 0.3) is 0 Å². The first-order valence-corrected chi connectivity index (χ1v) is 7.41. The van der Waals surface area contributed by atoms with Gasteiger partial charge in [0, 0.05) is 6.04 Å². The van der Waals surface area contributed by atoms with E-state index in [1.165, 1.54) is 38.5 Å². The second-order valence-electron chi connectivity index (χ2n) is 8.00. The van der Waals surface area contributed by atoms with Crippen molar-refractivity contribution in [2.45, 2.75) is 79.2 Å². The van der Waals surface area contributed by atoms with E-state index in [0.717, 1.165) is 12.0 Å². The van der Waals surface area contributed by atoms with Crippen molar-refractivity contribution in [1.82, 2.24) is 5.32 Å². The van der Waals surface area contributed by atoms with Gasteiger partial charge in [0.2, 0.25) is 0 Å². The first-order valence-electron chi connectivity index (χ1n) is 7.41. The Kier molecular flexibility index (Phi) is 5.07. The van der Waals surface area contributed by atoms with Crippen molar-refractivity contribution in [3.8, 4) is 0 Å². The van der Waals surface area contributed by atoms with Crippen LogP contribution in [-0.2, 0) is 0 Å². The molecule has 1 fully saturated rings. The quantitative estimate of drug-likeness (QED) is 0.755. The summed E-state index contributed by atoms with van der Waals surface area (Å²) < 4.78 is 0. The van der Waals surface area contributed by atoms with Gasteiger partial charge in [-0.2, -0.15) is 0 Å². The van der Waals surface area contributed by atoms with E-state index in [2.05, 4.69) is 47.0 Å². The van der Waals surface area contributed by atoms with Crippen LogP contribution in [0.4, 0.5) is 0 Å². The molecule has 1 aliphatic rings. The molecule has 0 bridgehead atoms. The maximum Gasteiger partial charge on any atom is 0.00925 e. The molecular formula is C16H33N. The maximum atomic E-state index is 3.57. The first-order chi connectivity index (χ1) is 7.73. The molecule has 0 aromatic rings. The van der Waals surface area contributed by atoms with Crippen LogP contribution in [0.3, 0.4) is 0 Å². The Morgan fingerprint density at radius 1 is 1.18 bits per heavy atom. The van der Waals surface area contributed by atoms with Crippen LogP contribution in [0.1, 0.15) is 73.1 Å². The first kappa shape index (κ1) is 15.0. The van der Waals surface area contributed by atoms with Gasteiger partial charge in [0.05, 0.1) is 0 Å². The molecule has 0 amide bonds.